The van der Waals surface area contributed by atoms with Gasteiger partial charge in [0, 0.05) is 26.7 Å². The smallest absolute Gasteiger partial charge is 0.0642 e. The van der Waals surface area contributed by atoms with Gasteiger partial charge >= 0.3 is 0 Å². The van der Waals surface area contributed by atoms with Crippen molar-refractivity contribution in [2.45, 2.75) is 25.8 Å². The zero-order valence-electron chi connectivity index (χ0n) is 11.2. The Labute approximate surface area is 115 Å². The van der Waals surface area contributed by atoms with E-state index in [0.29, 0.717) is 0 Å². The fourth-order valence-corrected chi connectivity index (χ4v) is 2.41. The van der Waals surface area contributed by atoms with E-state index in [4.69, 9.17) is 16.7 Å². The van der Waals surface area contributed by atoms with Crippen LogP contribution in [0.3, 0.4) is 0 Å². The predicted octanol–water partition coefficient (Wildman–Crippen LogP) is 2.66. The highest BCUT2D eigenvalue weighted by Gasteiger charge is 2.10. The van der Waals surface area contributed by atoms with E-state index in [-0.39, 0.29) is 6.61 Å². The minimum absolute atomic E-state index is 0.279. The maximum atomic E-state index is 8.76. The lowest BCUT2D eigenvalue weighted by Gasteiger charge is -2.23. The Balaban J connectivity index is 2.67. The molecule has 0 aliphatic heterocycles. The van der Waals surface area contributed by atoms with Gasteiger partial charge in [-0.3, -0.25) is 0 Å². The second-order valence-electron chi connectivity index (χ2n) is 4.48. The third-order valence-corrected chi connectivity index (χ3v) is 3.28. The normalized spacial score (nSPS) is 10.7. The lowest BCUT2D eigenvalue weighted by atomic mass is 10.1. The molecule has 0 fully saturated rings. The molecule has 0 atom stereocenters. The first-order valence-corrected chi connectivity index (χ1v) is 6.82. The summed E-state index contributed by atoms with van der Waals surface area (Å²) in [6, 6.07) is 6.01. The van der Waals surface area contributed by atoms with Crippen molar-refractivity contribution < 1.29 is 5.11 Å². The summed E-state index contributed by atoms with van der Waals surface area (Å²) in [6.07, 6.45) is 2.99. The van der Waals surface area contributed by atoms with Crippen molar-refractivity contribution in [3.8, 4) is 0 Å². The average molecular weight is 271 g/mol. The zero-order valence-corrected chi connectivity index (χ0v) is 12.0. The van der Waals surface area contributed by atoms with Crippen molar-refractivity contribution in [3.63, 3.8) is 0 Å². The summed E-state index contributed by atoms with van der Waals surface area (Å²) in [5.41, 5.74) is 2.33. The van der Waals surface area contributed by atoms with Crippen LogP contribution in [0.15, 0.2) is 18.2 Å². The molecule has 2 N–H and O–H groups in total. The molecular weight excluding hydrogens is 248 g/mol. The number of benzene rings is 1. The number of aliphatic hydroxyl groups is 1. The van der Waals surface area contributed by atoms with Gasteiger partial charge in [-0.05, 0) is 37.9 Å². The van der Waals surface area contributed by atoms with Crippen molar-refractivity contribution in [2.24, 2.45) is 0 Å². The Morgan fingerprint density at radius 1 is 1.28 bits per heavy atom. The van der Waals surface area contributed by atoms with Crippen molar-refractivity contribution in [2.75, 3.05) is 32.1 Å². The summed E-state index contributed by atoms with van der Waals surface area (Å²) in [5.74, 6) is 0. The van der Waals surface area contributed by atoms with E-state index in [1.165, 1.54) is 5.56 Å². The number of nitrogens with zero attached hydrogens (tertiary/aromatic N) is 1. The van der Waals surface area contributed by atoms with Gasteiger partial charge in [0.15, 0.2) is 0 Å². The van der Waals surface area contributed by atoms with Crippen LogP contribution in [-0.2, 0) is 6.54 Å². The van der Waals surface area contributed by atoms with Crippen LogP contribution in [0.5, 0.6) is 0 Å². The topological polar surface area (TPSA) is 35.5 Å². The monoisotopic (exact) mass is 270 g/mol. The molecule has 0 spiro atoms. The van der Waals surface area contributed by atoms with Gasteiger partial charge in [-0.25, -0.2) is 0 Å². The summed E-state index contributed by atoms with van der Waals surface area (Å²) in [7, 11) is 4.01. The molecule has 18 heavy (non-hydrogen) atoms. The summed E-state index contributed by atoms with van der Waals surface area (Å²) < 4.78 is 0. The molecule has 4 heteroatoms. The molecule has 0 heterocycles. The molecule has 0 aliphatic carbocycles. The maximum Gasteiger partial charge on any atom is 0.0642 e. The lowest BCUT2D eigenvalue weighted by molar-refractivity contribution is 0.283. The molecule has 0 aliphatic rings. The number of rotatable bonds is 8. The molecule has 102 valence electrons. The Kier molecular flexibility index (Phi) is 7.09. The second kappa shape index (κ2) is 8.35. The molecule has 0 unspecified atom stereocenters. The predicted molar refractivity (Wildman–Crippen MR) is 78.4 cm³/mol. The molecule has 0 radical (unpaired) electrons. The number of para-hydroxylation sites is 1. The largest absolute Gasteiger partial charge is 0.396 e. The summed E-state index contributed by atoms with van der Waals surface area (Å²) in [6.45, 7) is 2.05. The first kappa shape index (κ1) is 15.3. The van der Waals surface area contributed by atoms with E-state index in [2.05, 4.69) is 23.3 Å². The highest BCUT2D eigenvalue weighted by atomic mass is 35.5. The number of unbranched alkanes of at least 4 members (excludes halogenated alkanes) is 2. The third-order valence-electron chi connectivity index (χ3n) is 2.97. The standard InChI is InChI=1S/C14H23ClN2O/c1-16-11-12-7-6-8-13(15)14(12)17(2)9-4-3-5-10-18/h6-8,16,18H,3-5,9-11H2,1-2H3. The van der Waals surface area contributed by atoms with E-state index >= 15 is 0 Å². The zero-order chi connectivity index (χ0) is 13.4. The number of anilines is 1. The number of nitrogens with one attached hydrogen (secondary N) is 1. The second-order valence-corrected chi connectivity index (χ2v) is 4.89. The first-order chi connectivity index (χ1) is 8.70. The SMILES string of the molecule is CNCc1cccc(Cl)c1N(C)CCCCCO. The van der Waals surface area contributed by atoms with E-state index in [9.17, 15) is 0 Å². The van der Waals surface area contributed by atoms with Gasteiger partial charge in [0.05, 0.1) is 10.7 Å². The molecule has 0 saturated heterocycles. The quantitative estimate of drug-likeness (QED) is 0.713. The Morgan fingerprint density at radius 2 is 2.06 bits per heavy atom. The molecule has 1 rings (SSSR count). The van der Waals surface area contributed by atoms with Crippen molar-refractivity contribution >= 4 is 17.3 Å². The summed E-state index contributed by atoms with van der Waals surface area (Å²) in [4.78, 5) is 2.20. The third kappa shape index (κ3) is 4.48. The number of hydrogen-bond acceptors (Lipinski definition) is 3. The van der Waals surface area contributed by atoms with Gasteiger partial charge in [-0.15, -0.1) is 0 Å². The Bertz CT molecular complexity index is 358. The van der Waals surface area contributed by atoms with Gasteiger partial charge in [0.25, 0.3) is 0 Å². The number of halogens is 1. The van der Waals surface area contributed by atoms with E-state index in [1.807, 2.05) is 19.2 Å². The van der Waals surface area contributed by atoms with Gasteiger partial charge in [-0.1, -0.05) is 23.7 Å². The molecule has 0 aromatic heterocycles. The average Bonchev–Trinajstić information content (AvgIpc) is 2.35. The minimum atomic E-state index is 0.279. The maximum absolute atomic E-state index is 8.76. The van der Waals surface area contributed by atoms with Crippen LogP contribution >= 0.6 is 11.6 Å². The van der Waals surface area contributed by atoms with Crippen molar-refractivity contribution in [1.29, 1.82) is 0 Å². The Hall–Kier alpha value is -0.770. The van der Waals surface area contributed by atoms with Crippen molar-refractivity contribution in [1.82, 2.24) is 5.32 Å². The van der Waals surface area contributed by atoms with Crippen LogP contribution in [0.2, 0.25) is 5.02 Å². The van der Waals surface area contributed by atoms with Crippen LogP contribution in [0.1, 0.15) is 24.8 Å². The number of hydrogen-bond donors (Lipinski definition) is 2. The van der Waals surface area contributed by atoms with Crippen LogP contribution in [-0.4, -0.2) is 32.4 Å². The van der Waals surface area contributed by atoms with Gasteiger partial charge in [0.2, 0.25) is 0 Å². The first-order valence-electron chi connectivity index (χ1n) is 6.44. The van der Waals surface area contributed by atoms with E-state index in [0.717, 1.165) is 43.1 Å². The molecule has 0 saturated carbocycles. The molecular formula is C14H23ClN2O. The van der Waals surface area contributed by atoms with E-state index in [1.54, 1.807) is 0 Å². The minimum Gasteiger partial charge on any atom is -0.396 e. The molecule has 0 amide bonds. The van der Waals surface area contributed by atoms with Crippen LogP contribution in [0.4, 0.5) is 5.69 Å². The molecule has 3 nitrogen and oxygen atoms in total. The molecule has 1 aromatic carbocycles. The van der Waals surface area contributed by atoms with Crippen LogP contribution in [0, 0.1) is 0 Å². The highest BCUT2D eigenvalue weighted by Crippen LogP contribution is 2.29. The Morgan fingerprint density at radius 3 is 2.72 bits per heavy atom. The van der Waals surface area contributed by atoms with Gasteiger partial charge in [-0.2, -0.15) is 0 Å². The molecule has 1 aromatic rings. The van der Waals surface area contributed by atoms with Crippen LogP contribution < -0.4 is 10.2 Å². The van der Waals surface area contributed by atoms with E-state index < -0.39 is 0 Å². The van der Waals surface area contributed by atoms with Gasteiger partial charge in [0.1, 0.15) is 0 Å². The lowest BCUT2D eigenvalue weighted by Crippen LogP contribution is -2.21. The summed E-state index contributed by atoms with van der Waals surface area (Å²) in [5, 5.41) is 12.7. The fourth-order valence-electron chi connectivity index (χ4n) is 2.07. The summed E-state index contributed by atoms with van der Waals surface area (Å²) >= 11 is 6.29. The van der Waals surface area contributed by atoms with Gasteiger partial charge < -0.3 is 15.3 Å². The highest BCUT2D eigenvalue weighted by molar-refractivity contribution is 6.33. The van der Waals surface area contributed by atoms with Crippen molar-refractivity contribution in [3.05, 3.63) is 28.8 Å². The fraction of sp³-hybridized carbons (Fsp3) is 0.571. The molecule has 0 bridgehead atoms. The number of aliphatic hydroxyl groups excluding tert-OH is 1. The van der Waals surface area contributed by atoms with Crippen LogP contribution in [0.25, 0.3) is 0 Å².